The Bertz CT molecular complexity index is 97.7. The van der Waals surface area contributed by atoms with Crippen molar-refractivity contribution >= 4 is 17.4 Å². The summed E-state index contributed by atoms with van der Waals surface area (Å²) < 4.78 is 0. The molecule has 0 spiro atoms. The topological polar surface area (TPSA) is 41.5 Å². The standard InChI is InChI=1S/C6H13NO2S/c1-2-3-4-5-7-6(10)9-8/h8H,2-5H2,1H3,(H,7,10). The Morgan fingerprint density at radius 2 is 2.30 bits per heavy atom. The van der Waals surface area contributed by atoms with Gasteiger partial charge in [-0.2, -0.15) is 0 Å². The number of unbranched alkanes of at least 4 members (excludes halogenated alkanes) is 2. The molecule has 0 aromatic rings. The molecule has 4 heteroatoms. The van der Waals surface area contributed by atoms with E-state index in [2.05, 4.69) is 29.3 Å². The van der Waals surface area contributed by atoms with Gasteiger partial charge in [0, 0.05) is 6.54 Å². The van der Waals surface area contributed by atoms with Crippen molar-refractivity contribution in [3.05, 3.63) is 0 Å². The van der Waals surface area contributed by atoms with Gasteiger partial charge in [0.2, 0.25) is 0 Å². The monoisotopic (exact) mass is 163 g/mol. The van der Waals surface area contributed by atoms with Crippen LogP contribution in [0, 0.1) is 0 Å². The van der Waals surface area contributed by atoms with E-state index in [4.69, 9.17) is 5.26 Å². The second-order valence-corrected chi connectivity index (χ2v) is 2.38. The average Bonchev–Trinajstić information content (AvgIpc) is 1.98. The first-order valence-electron chi connectivity index (χ1n) is 3.40. The van der Waals surface area contributed by atoms with Gasteiger partial charge in [-0.3, -0.25) is 0 Å². The highest BCUT2D eigenvalue weighted by atomic mass is 32.1. The molecule has 0 aliphatic heterocycles. The van der Waals surface area contributed by atoms with Crippen LogP contribution in [-0.2, 0) is 4.89 Å². The molecule has 0 rings (SSSR count). The molecule has 3 nitrogen and oxygen atoms in total. The molecule has 0 aromatic carbocycles. The summed E-state index contributed by atoms with van der Waals surface area (Å²) in [6.45, 7) is 2.90. The third kappa shape index (κ3) is 5.78. The van der Waals surface area contributed by atoms with Crippen molar-refractivity contribution in [3.63, 3.8) is 0 Å². The van der Waals surface area contributed by atoms with Crippen molar-refractivity contribution in [1.29, 1.82) is 0 Å². The van der Waals surface area contributed by atoms with Crippen LogP contribution in [0.25, 0.3) is 0 Å². The van der Waals surface area contributed by atoms with Crippen LogP contribution in [0.4, 0.5) is 0 Å². The zero-order valence-electron chi connectivity index (χ0n) is 6.09. The van der Waals surface area contributed by atoms with Gasteiger partial charge in [0.15, 0.2) is 0 Å². The molecular formula is C6H13NO2S. The normalized spacial score (nSPS) is 9.00. The van der Waals surface area contributed by atoms with Gasteiger partial charge in [0.25, 0.3) is 5.17 Å². The van der Waals surface area contributed by atoms with Gasteiger partial charge in [0.1, 0.15) is 0 Å². The Hall–Kier alpha value is -0.350. The van der Waals surface area contributed by atoms with E-state index < -0.39 is 0 Å². The third-order valence-electron chi connectivity index (χ3n) is 1.13. The molecule has 0 saturated heterocycles. The van der Waals surface area contributed by atoms with Crippen LogP contribution in [0.2, 0.25) is 0 Å². The molecule has 0 fully saturated rings. The van der Waals surface area contributed by atoms with Gasteiger partial charge in [-0.25, -0.2) is 5.26 Å². The Labute approximate surface area is 66.3 Å². The van der Waals surface area contributed by atoms with Gasteiger partial charge in [-0.05, 0) is 18.6 Å². The number of hydrogen-bond donors (Lipinski definition) is 2. The second kappa shape index (κ2) is 6.77. The van der Waals surface area contributed by atoms with E-state index in [1.54, 1.807) is 0 Å². The zero-order valence-corrected chi connectivity index (χ0v) is 6.91. The van der Waals surface area contributed by atoms with E-state index in [1.165, 1.54) is 12.8 Å². The summed E-state index contributed by atoms with van der Waals surface area (Å²) in [5.41, 5.74) is 0. The largest absolute Gasteiger partial charge is 0.344 e. The van der Waals surface area contributed by atoms with Gasteiger partial charge in [-0.1, -0.05) is 19.8 Å². The molecule has 0 radical (unpaired) electrons. The number of thiocarbonyl (C=S) groups is 1. The molecule has 0 unspecified atom stereocenters. The highest BCUT2D eigenvalue weighted by Gasteiger charge is 1.91. The summed E-state index contributed by atoms with van der Waals surface area (Å²) in [4.78, 5) is 3.75. The van der Waals surface area contributed by atoms with E-state index in [1.807, 2.05) is 0 Å². The molecule has 0 saturated carbocycles. The summed E-state index contributed by atoms with van der Waals surface area (Å²) >= 11 is 4.52. The maximum atomic E-state index is 7.99. The summed E-state index contributed by atoms with van der Waals surface area (Å²) in [5, 5.41) is 10.8. The predicted octanol–water partition coefficient (Wildman–Crippen LogP) is 1.54. The average molecular weight is 163 g/mol. The van der Waals surface area contributed by atoms with Crippen molar-refractivity contribution in [2.45, 2.75) is 26.2 Å². The summed E-state index contributed by atoms with van der Waals surface area (Å²) in [6.07, 6.45) is 3.40. The van der Waals surface area contributed by atoms with Crippen LogP contribution in [0.15, 0.2) is 0 Å². The molecule has 0 bridgehead atoms. The molecule has 0 aliphatic carbocycles. The lowest BCUT2D eigenvalue weighted by Crippen LogP contribution is -2.23. The first-order valence-corrected chi connectivity index (χ1v) is 3.81. The Balaban J connectivity index is 2.96. The Morgan fingerprint density at radius 1 is 1.60 bits per heavy atom. The van der Waals surface area contributed by atoms with Gasteiger partial charge >= 0.3 is 0 Å². The molecule has 0 heterocycles. The van der Waals surface area contributed by atoms with E-state index in [0.717, 1.165) is 13.0 Å². The molecule has 0 aliphatic rings. The van der Waals surface area contributed by atoms with E-state index in [0.29, 0.717) is 0 Å². The lowest BCUT2D eigenvalue weighted by Gasteiger charge is -2.01. The maximum absolute atomic E-state index is 7.99. The number of nitrogens with one attached hydrogen (secondary N) is 1. The number of hydrogen-bond acceptors (Lipinski definition) is 3. The fraction of sp³-hybridized carbons (Fsp3) is 0.833. The first-order chi connectivity index (χ1) is 4.81. The lowest BCUT2D eigenvalue weighted by atomic mass is 10.2. The highest BCUT2D eigenvalue weighted by Crippen LogP contribution is 1.90. The predicted molar refractivity (Wildman–Crippen MR) is 43.8 cm³/mol. The smallest absolute Gasteiger partial charge is 0.296 e. The quantitative estimate of drug-likeness (QED) is 0.285. The minimum atomic E-state index is 0.0519. The van der Waals surface area contributed by atoms with Crippen LogP contribution in [-0.4, -0.2) is 17.0 Å². The molecule has 0 amide bonds. The van der Waals surface area contributed by atoms with Crippen molar-refractivity contribution in [1.82, 2.24) is 5.32 Å². The Morgan fingerprint density at radius 3 is 2.80 bits per heavy atom. The van der Waals surface area contributed by atoms with Crippen molar-refractivity contribution in [2.24, 2.45) is 0 Å². The van der Waals surface area contributed by atoms with Gasteiger partial charge in [-0.15, -0.1) is 0 Å². The molecule has 2 N–H and O–H groups in total. The van der Waals surface area contributed by atoms with Crippen LogP contribution >= 0.6 is 12.2 Å². The lowest BCUT2D eigenvalue weighted by molar-refractivity contribution is -0.155. The zero-order chi connectivity index (χ0) is 7.82. The second-order valence-electron chi connectivity index (χ2n) is 2.01. The van der Waals surface area contributed by atoms with Gasteiger partial charge in [0.05, 0.1) is 0 Å². The van der Waals surface area contributed by atoms with Crippen LogP contribution in [0.5, 0.6) is 0 Å². The summed E-state index contributed by atoms with van der Waals surface area (Å²) in [7, 11) is 0. The van der Waals surface area contributed by atoms with E-state index >= 15 is 0 Å². The minimum Gasteiger partial charge on any atom is -0.344 e. The third-order valence-corrected chi connectivity index (χ3v) is 1.35. The molecule has 0 atom stereocenters. The highest BCUT2D eigenvalue weighted by molar-refractivity contribution is 7.80. The maximum Gasteiger partial charge on any atom is 0.296 e. The molecule has 0 aromatic heterocycles. The van der Waals surface area contributed by atoms with Crippen LogP contribution in [0.3, 0.4) is 0 Å². The van der Waals surface area contributed by atoms with Crippen molar-refractivity contribution in [3.8, 4) is 0 Å². The molecular weight excluding hydrogens is 150 g/mol. The summed E-state index contributed by atoms with van der Waals surface area (Å²) in [6, 6.07) is 0. The Kier molecular flexibility index (Phi) is 6.53. The molecule has 60 valence electrons. The van der Waals surface area contributed by atoms with Crippen LogP contribution < -0.4 is 5.32 Å². The number of rotatable bonds is 4. The van der Waals surface area contributed by atoms with Crippen LogP contribution in [0.1, 0.15) is 26.2 Å². The first kappa shape index (κ1) is 9.65. The molecule has 10 heavy (non-hydrogen) atoms. The fourth-order valence-electron chi connectivity index (χ4n) is 0.598. The van der Waals surface area contributed by atoms with E-state index in [-0.39, 0.29) is 5.17 Å². The minimum absolute atomic E-state index is 0.0519. The SMILES string of the molecule is CCCCCNC(=S)OO. The van der Waals surface area contributed by atoms with E-state index in [9.17, 15) is 0 Å². The summed E-state index contributed by atoms with van der Waals surface area (Å²) in [5.74, 6) is 0. The fourth-order valence-corrected chi connectivity index (χ4v) is 0.700. The van der Waals surface area contributed by atoms with Crippen molar-refractivity contribution in [2.75, 3.05) is 6.54 Å². The van der Waals surface area contributed by atoms with Gasteiger partial charge < -0.3 is 10.2 Å². The van der Waals surface area contributed by atoms with Crippen molar-refractivity contribution < 1.29 is 10.1 Å².